The van der Waals surface area contributed by atoms with Gasteiger partial charge in [0.25, 0.3) is 0 Å². The third kappa shape index (κ3) is 2.55. The molecule has 1 aliphatic rings. The Morgan fingerprint density at radius 3 is 2.70 bits per heavy atom. The van der Waals surface area contributed by atoms with Crippen molar-refractivity contribution in [1.82, 2.24) is 9.78 Å². The molecular weight excluding hydrogens is 397 g/mol. The number of rotatable bonds is 3. The number of halogens is 1. The van der Waals surface area contributed by atoms with Crippen LogP contribution in [0, 0.1) is 3.57 Å². The van der Waals surface area contributed by atoms with E-state index >= 15 is 0 Å². The average Bonchev–Trinajstić information content (AvgIpc) is 3.18. The minimum atomic E-state index is 0.985. The van der Waals surface area contributed by atoms with Gasteiger partial charge >= 0.3 is 0 Å². The zero-order valence-corrected chi connectivity index (χ0v) is 15.2. The van der Waals surface area contributed by atoms with Gasteiger partial charge in [-0.1, -0.05) is 37.3 Å². The Balaban J connectivity index is 1.90. The molecular formula is C19H18IN3. The zero-order valence-electron chi connectivity index (χ0n) is 13.0. The van der Waals surface area contributed by atoms with E-state index in [0.717, 1.165) is 30.9 Å². The fourth-order valence-electron chi connectivity index (χ4n) is 3.21. The number of nitrogens with zero attached hydrogens (tertiary/aromatic N) is 2. The minimum absolute atomic E-state index is 0.985. The topological polar surface area (TPSA) is 29.9 Å². The van der Waals surface area contributed by atoms with E-state index in [2.05, 4.69) is 88.0 Å². The summed E-state index contributed by atoms with van der Waals surface area (Å²) in [5.41, 5.74) is 6.13. The van der Waals surface area contributed by atoms with Gasteiger partial charge in [0.2, 0.25) is 0 Å². The van der Waals surface area contributed by atoms with Gasteiger partial charge in [-0.3, -0.25) is 0 Å². The monoisotopic (exact) mass is 415 g/mol. The number of aryl methyl sites for hydroxylation is 1. The molecule has 0 saturated heterocycles. The van der Waals surface area contributed by atoms with Crippen molar-refractivity contribution >= 4 is 28.4 Å². The van der Waals surface area contributed by atoms with Crippen LogP contribution in [0.15, 0.2) is 48.5 Å². The Morgan fingerprint density at radius 2 is 1.91 bits per heavy atom. The van der Waals surface area contributed by atoms with Crippen LogP contribution in [0.5, 0.6) is 0 Å². The SMILES string of the molecule is CCc1ccccc1-n1nc(-c2ccc(I)cc2)c2c1NCC2. The number of aromatic nitrogens is 2. The Hall–Kier alpha value is -1.82. The first-order valence-electron chi connectivity index (χ1n) is 7.98. The summed E-state index contributed by atoms with van der Waals surface area (Å²) >= 11 is 2.34. The molecule has 0 saturated carbocycles. The summed E-state index contributed by atoms with van der Waals surface area (Å²) in [6.45, 7) is 3.18. The molecule has 4 heteroatoms. The standard InChI is InChI=1S/C19H18IN3/c1-2-13-5-3-4-6-17(13)23-19-16(11-12-21-19)18(22-23)14-7-9-15(20)10-8-14/h3-10,21H,2,11-12H2,1H3. The Bertz CT molecular complexity index is 850. The third-order valence-electron chi connectivity index (χ3n) is 4.37. The van der Waals surface area contributed by atoms with E-state index in [4.69, 9.17) is 5.10 Å². The van der Waals surface area contributed by atoms with Gasteiger partial charge in [0.1, 0.15) is 5.82 Å². The highest BCUT2D eigenvalue weighted by Crippen LogP contribution is 2.35. The second-order valence-electron chi connectivity index (χ2n) is 5.75. The highest BCUT2D eigenvalue weighted by Gasteiger charge is 2.24. The van der Waals surface area contributed by atoms with Gasteiger partial charge in [0, 0.05) is 21.2 Å². The number of hydrogen-bond donors (Lipinski definition) is 1. The number of nitrogens with one attached hydrogen (secondary N) is 1. The molecule has 0 fully saturated rings. The van der Waals surface area contributed by atoms with Crippen molar-refractivity contribution in [2.24, 2.45) is 0 Å². The quantitative estimate of drug-likeness (QED) is 0.630. The zero-order chi connectivity index (χ0) is 15.8. The predicted octanol–water partition coefficient (Wildman–Crippen LogP) is 4.67. The Morgan fingerprint density at radius 1 is 1.13 bits per heavy atom. The van der Waals surface area contributed by atoms with Crippen molar-refractivity contribution in [2.45, 2.75) is 19.8 Å². The number of anilines is 1. The van der Waals surface area contributed by atoms with Crippen molar-refractivity contribution in [1.29, 1.82) is 0 Å². The second-order valence-corrected chi connectivity index (χ2v) is 7.00. The van der Waals surface area contributed by atoms with Crippen LogP contribution >= 0.6 is 22.6 Å². The molecule has 3 aromatic rings. The Kier molecular flexibility index (Phi) is 3.85. The summed E-state index contributed by atoms with van der Waals surface area (Å²) in [4.78, 5) is 0. The fourth-order valence-corrected chi connectivity index (χ4v) is 3.56. The molecule has 0 amide bonds. The van der Waals surface area contributed by atoms with Gasteiger partial charge in [0.05, 0.1) is 11.4 Å². The van der Waals surface area contributed by atoms with Crippen molar-refractivity contribution in [3.63, 3.8) is 0 Å². The molecule has 0 aliphatic carbocycles. The normalized spacial score (nSPS) is 13.0. The van der Waals surface area contributed by atoms with Crippen LogP contribution in [0.1, 0.15) is 18.1 Å². The first kappa shape index (κ1) is 14.8. The lowest BCUT2D eigenvalue weighted by atomic mass is 10.1. The molecule has 0 atom stereocenters. The lowest BCUT2D eigenvalue weighted by molar-refractivity contribution is 0.866. The van der Waals surface area contributed by atoms with Crippen molar-refractivity contribution in [3.05, 3.63) is 63.2 Å². The minimum Gasteiger partial charge on any atom is -0.369 e. The maximum Gasteiger partial charge on any atom is 0.133 e. The highest BCUT2D eigenvalue weighted by atomic mass is 127. The summed E-state index contributed by atoms with van der Waals surface area (Å²) in [6, 6.07) is 17.1. The fraction of sp³-hybridized carbons (Fsp3) is 0.211. The summed E-state index contributed by atoms with van der Waals surface area (Å²) in [5.74, 6) is 1.15. The molecule has 4 rings (SSSR count). The molecule has 0 radical (unpaired) electrons. The van der Waals surface area contributed by atoms with Gasteiger partial charge < -0.3 is 5.32 Å². The molecule has 2 heterocycles. The number of fused-ring (bicyclic) bond motifs is 1. The smallest absolute Gasteiger partial charge is 0.133 e. The van der Waals surface area contributed by atoms with Gasteiger partial charge in [-0.25, -0.2) is 4.68 Å². The van der Waals surface area contributed by atoms with Crippen LogP contribution in [-0.2, 0) is 12.8 Å². The van der Waals surface area contributed by atoms with Crippen LogP contribution in [0.2, 0.25) is 0 Å². The number of hydrogen-bond acceptors (Lipinski definition) is 2. The largest absolute Gasteiger partial charge is 0.369 e. The van der Waals surface area contributed by atoms with E-state index in [0.29, 0.717) is 0 Å². The molecule has 116 valence electrons. The predicted molar refractivity (Wildman–Crippen MR) is 103 cm³/mol. The van der Waals surface area contributed by atoms with E-state index in [9.17, 15) is 0 Å². The summed E-state index contributed by atoms with van der Waals surface area (Å²) in [6.07, 6.45) is 2.04. The molecule has 1 aliphatic heterocycles. The average molecular weight is 415 g/mol. The summed E-state index contributed by atoms with van der Waals surface area (Å²) < 4.78 is 3.34. The van der Waals surface area contributed by atoms with Gasteiger partial charge in [-0.2, -0.15) is 5.10 Å². The third-order valence-corrected chi connectivity index (χ3v) is 5.09. The van der Waals surface area contributed by atoms with Gasteiger partial charge in [0.15, 0.2) is 0 Å². The van der Waals surface area contributed by atoms with E-state index in [1.807, 2.05) is 0 Å². The van der Waals surface area contributed by atoms with Crippen LogP contribution in [0.25, 0.3) is 16.9 Å². The number of para-hydroxylation sites is 1. The van der Waals surface area contributed by atoms with E-state index in [1.165, 1.54) is 25.9 Å². The van der Waals surface area contributed by atoms with Crippen LogP contribution in [-0.4, -0.2) is 16.3 Å². The van der Waals surface area contributed by atoms with Crippen LogP contribution in [0.3, 0.4) is 0 Å². The molecule has 1 aromatic heterocycles. The Labute approximate surface area is 149 Å². The first-order chi connectivity index (χ1) is 11.3. The van der Waals surface area contributed by atoms with Crippen molar-refractivity contribution in [3.8, 4) is 16.9 Å². The molecule has 0 bridgehead atoms. The second kappa shape index (κ2) is 6.00. The molecule has 1 N–H and O–H groups in total. The molecule has 3 nitrogen and oxygen atoms in total. The lowest BCUT2D eigenvalue weighted by Crippen LogP contribution is -2.06. The number of benzene rings is 2. The summed E-state index contributed by atoms with van der Waals surface area (Å²) in [5, 5.41) is 8.48. The highest BCUT2D eigenvalue weighted by molar-refractivity contribution is 14.1. The molecule has 0 spiro atoms. The van der Waals surface area contributed by atoms with Crippen molar-refractivity contribution < 1.29 is 0 Å². The maximum atomic E-state index is 4.96. The van der Waals surface area contributed by atoms with Crippen molar-refractivity contribution in [2.75, 3.05) is 11.9 Å². The lowest BCUT2D eigenvalue weighted by Gasteiger charge is -2.10. The summed E-state index contributed by atoms with van der Waals surface area (Å²) in [7, 11) is 0. The maximum absolute atomic E-state index is 4.96. The van der Waals surface area contributed by atoms with Crippen LogP contribution < -0.4 is 5.32 Å². The van der Waals surface area contributed by atoms with Gasteiger partial charge in [-0.05, 0) is 59.2 Å². The molecule has 0 unspecified atom stereocenters. The first-order valence-corrected chi connectivity index (χ1v) is 9.06. The van der Waals surface area contributed by atoms with E-state index < -0.39 is 0 Å². The van der Waals surface area contributed by atoms with Crippen LogP contribution in [0.4, 0.5) is 5.82 Å². The van der Waals surface area contributed by atoms with E-state index in [1.54, 1.807) is 0 Å². The molecule has 2 aromatic carbocycles. The van der Waals surface area contributed by atoms with E-state index in [-0.39, 0.29) is 0 Å². The van der Waals surface area contributed by atoms with Gasteiger partial charge in [-0.15, -0.1) is 0 Å². The molecule has 23 heavy (non-hydrogen) atoms.